The van der Waals surface area contributed by atoms with Crippen molar-refractivity contribution in [2.75, 3.05) is 0 Å². The number of hydrogen-bond acceptors (Lipinski definition) is 2. The van der Waals surface area contributed by atoms with Crippen molar-refractivity contribution in [2.24, 2.45) is 0 Å². The van der Waals surface area contributed by atoms with Crippen LogP contribution in [-0.2, 0) is 0 Å². The molecule has 0 saturated heterocycles. The summed E-state index contributed by atoms with van der Waals surface area (Å²) in [5, 5.41) is 9.32. The van der Waals surface area contributed by atoms with Crippen LogP contribution in [0.25, 0.3) is 32.6 Å². The van der Waals surface area contributed by atoms with E-state index in [2.05, 4.69) is 47.2 Å². The number of nitrogens with zero attached hydrogens (tertiary/aromatic N) is 1. The molecule has 17 heavy (non-hydrogen) atoms. The molecule has 0 aliphatic rings. The van der Waals surface area contributed by atoms with E-state index in [-0.39, 0.29) is 0 Å². The van der Waals surface area contributed by atoms with Gasteiger partial charge < -0.3 is 0 Å². The molecule has 4 aromatic rings. The molecule has 0 aliphatic carbocycles. The van der Waals surface area contributed by atoms with Gasteiger partial charge in [0.2, 0.25) is 0 Å². The molecule has 0 aliphatic heterocycles. The summed E-state index contributed by atoms with van der Waals surface area (Å²) in [5.74, 6) is 0. The number of hydrogen-bond donors (Lipinski definition) is 0. The van der Waals surface area contributed by atoms with E-state index in [1.165, 1.54) is 21.5 Å². The average Bonchev–Trinajstić information content (AvgIpc) is 2.85. The average molecular weight is 235 g/mol. The number of thiophene rings is 1. The molecule has 2 heterocycles. The number of fused-ring (bicyclic) bond motifs is 4. The van der Waals surface area contributed by atoms with Crippen molar-refractivity contribution in [2.45, 2.75) is 0 Å². The van der Waals surface area contributed by atoms with Crippen LogP contribution in [0.4, 0.5) is 0 Å². The Morgan fingerprint density at radius 2 is 1.71 bits per heavy atom. The topological polar surface area (TPSA) is 12.9 Å². The predicted octanol–water partition coefficient (Wildman–Crippen LogP) is 4.60. The quantitative estimate of drug-likeness (QED) is 0.406. The Morgan fingerprint density at radius 3 is 2.71 bits per heavy atom. The molecule has 0 atom stereocenters. The van der Waals surface area contributed by atoms with E-state index >= 15 is 0 Å². The SMILES string of the molecule is c1ccc2nc3c(ccc4cscc43)cc2c1. The summed E-state index contributed by atoms with van der Waals surface area (Å²) in [6.45, 7) is 0. The molecule has 0 bridgehead atoms. The second kappa shape index (κ2) is 3.28. The van der Waals surface area contributed by atoms with E-state index in [0.29, 0.717) is 0 Å². The van der Waals surface area contributed by atoms with Crippen LogP contribution >= 0.6 is 11.3 Å². The summed E-state index contributed by atoms with van der Waals surface area (Å²) in [5.41, 5.74) is 2.18. The highest BCUT2D eigenvalue weighted by atomic mass is 32.1. The molecule has 0 N–H and O–H groups in total. The molecular weight excluding hydrogens is 226 g/mol. The lowest BCUT2D eigenvalue weighted by Crippen LogP contribution is -1.82. The minimum Gasteiger partial charge on any atom is -0.247 e. The molecule has 0 amide bonds. The normalized spacial score (nSPS) is 11.5. The second-order valence-corrected chi connectivity index (χ2v) is 4.94. The maximum atomic E-state index is 4.78. The smallest absolute Gasteiger partial charge is 0.0796 e. The van der Waals surface area contributed by atoms with Gasteiger partial charge in [-0.3, -0.25) is 0 Å². The largest absolute Gasteiger partial charge is 0.247 e. The first kappa shape index (κ1) is 9.14. The molecule has 2 heteroatoms. The Morgan fingerprint density at radius 1 is 0.824 bits per heavy atom. The van der Waals surface area contributed by atoms with Crippen molar-refractivity contribution in [3.8, 4) is 0 Å². The van der Waals surface area contributed by atoms with E-state index in [0.717, 1.165) is 11.0 Å². The number of para-hydroxylation sites is 1. The molecule has 80 valence electrons. The van der Waals surface area contributed by atoms with Crippen molar-refractivity contribution in [1.29, 1.82) is 0 Å². The van der Waals surface area contributed by atoms with Crippen molar-refractivity contribution in [3.63, 3.8) is 0 Å². The van der Waals surface area contributed by atoms with Gasteiger partial charge in [-0.15, -0.1) is 0 Å². The Kier molecular flexibility index (Phi) is 1.76. The van der Waals surface area contributed by atoms with Gasteiger partial charge >= 0.3 is 0 Å². The Labute approximate surface area is 102 Å². The standard InChI is InChI=1S/C15H9NS/c1-2-4-14-10(3-1)7-11-5-6-12-8-17-9-13(12)15(11)16-14/h1-9H. The van der Waals surface area contributed by atoms with Gasteiger partial charge in [0.05, 0.1) is 11.0 Å². The Bertz CT molecular complexity index is 845. The lowest BCUT2D eigenvalue weighted by atomic mass is 10.1. The third-order valence-corrected chi connectivity index (χ3v) is 3.90. The first-order valence-electron chi connectivity index (χ1n) is 5.56. The highest BCUT2D eigenvalue weighted by Gasteiger charge is 2.04. The minimum atomic E-state index is 1.07. The van der Waals surface area contributed by atoms with E-state index in [4.69, 9.17) is 4.98 Å². The first-order valence-corrected chi connectivity index (χ1v) is 6.50. The van der Waals surface area contributed by atoms with Crippen LogP contribution in [0.1, 0.15) is 0 Å². The fourth-order valence-corrected chi connectivity index (χ4v) is 3.09. The summed E-state index contributed by atoms with van der Waals surface area (Å²) in [7, 11) is 0. The molecule has 0 saturated carbocycles. The summed E-state index contributed by atoms with van der Waals surface area (Å²) >= 11 is 1.73. The summed E-state index contributed by atoms with van der Waals surface area (Å²) in [6.07, 6.45) is 0. The fraction of sp³-hybridized carbons (Fsp3) is 0. The molecule has 0 unspecified atom stereocenters. The third kappa shape index (κ3) is 1.28. The summed E-state index contributed by atoms with van der Waals surface area (Å²) < 4.78 is 0. The van der Waals surface area contributed by atoms with Crippen molar-refractivity contribution in [3.05, 3.63) is 53.2 Å². The van der Waals surface area contributed by atoms with Gasteiger partial charge in [-0.05, 0) is 22.9 Å². The highest BCUT2D eigenvalue weighted by Crippen LogP contribution is 2.28. The molecule has 2 aromatic heterocycles. The third-order valence-electron chi connectivity index (χ3n) is 3.14. The number of rotatable bonds is 0. The van der Waals surface area contributed by atoms with E-state index in [1.807, 2.05) is 6.07 Å². The van der Waals surface area contributed by atoms with Gasteiger partial charge in [-0.2, -0.15) is 11.3 Å². The van der Waals surface area contributed by atoms with E-state index in [9.17, 15) is 0 Å². The van der Waals surface area contributed by atoms with Crippen LogP contribution in [0.2, 0.25) is 0 Å². The lowest BCUT2D eigenvalue weighted by Gasteiger charge is -2.02. The first-order chi connectivity index (χ1) is 8.42. The highest BCUT2D eigenvalue weighted by molar-refractivity contribution is 7.09. The molecule has 0 fully saturated rings. The van der Waals surface area contributed by atoms with Gasteiger partial charge in [-0.1, -0.05) is 30.3 Å². The Balaban J connectivity index is 2.29. The van der Waals surface area contributed by atoms with Crippen LogP contribution in [0.15, 0.2) is 53.2 Å². The summed E-state index contributed by atoms with van der Waals surface area (Å²) in [4.78, 5) is 4.78. The molecule has 0 radical (unpaired) electrons. The monoisotopic (exact) mass is 235 g/mol. The summed E-state index contributed by atoms with van der Waals surface area (Å²) in [6, 6.07) is 14.8. The van der Waals surface area contributed by atoms with Crippen LogP contribution in [0.3, 0.4) is 0 Å². The predicted molar refractivity (Wildman–Crippen MR) is 74.6 cm³/mol. The van der Waals surface area contributed by atoms with Crippen molar-refractivity contribution in [1.82, 2.24) is 4.98 Å². The zero-order valence-corrected chi connectivity index (χ0v) is 9.87. The zero-order chi connectivity index (χ0) is 11.2. The molecule has 2 aromatic carbocycles. The van der Waals surface area contributed by atoms with Crippen LogP contribution in [0.5, 0.6) is 0 Å². The van der Waals surface area contributed by atoms with Crippen LogP contribution < -0.4 is 0 Å². The lowest BCUT2D eigenvalue weighted by molar-refractivity contribution is 1.52. The van der Waals surface area contributed by atoms with E-state index in [1.54, 1.807) is 11.3 Å². The van der Waals surface area contributed by atoms with Crippen LogP contribution in [0, 0.1) is 0 Å². The molecular formula is C15H9NS. The van der Waals surface area contributed by atoms with Gasteiger partial charge in [0.15, 0.2) is 0 Å². The van der Waals surface area contributed by atoms with Crippen LogP contribution in [-0.4, -0.2) is 4.98 Å². The van der Waals surface area contributed by atoms with Gasteiger partial charge in [-0.25, -0.2) is 4.98 Å². The maximum Gasteiger partial charge on any atom is 0.0796 e. The van der Waals surface area contributed by atoms with Gasteiger partial charge in [0.1, 0.15) is 0 Å². The second-order valence-electron chi connectivity index (χ2n) is 4.19. The molecule has 1 nitrogen and oxygen atoms in total. The van der Waals surface area contributed by atoms with Crippen molar-refractivity contribution < 1.29 is 0 Å². The molecule has 0 spiro atoms. The maximum absolute atomic E-state index is 4.78. The number of pyridine rings is 1. The Hall–Kier alpha value is -1.93. The molecule has 4 rings (SSSR count). The van der Waals surface area contributed by atoms with Gasteiger partial charge in [0.25, 0.3) is 0 Å². The van der Waals surface area contributed by atoms with Gasteiger partial charge in [0, 0.05) is 21.5 Å². The number of aromatic nitrogens is 1. The number of benzene rings is 2. The minimum absolute atomic E-state index is 1.07. The zero-order valence-electron chi connectivity index (χ0n) is 9.05. The van der Waals surface area contributed by atoms with E-state index < -0.39 is 0 Å². The fourth-order valence-electron chi connectivity index (χ4n) is 2.28. The van der Waals surface area contributed by atoms with Crippen molar-refractivity contribution >= 4 is 43.9 Å².